The van der Waals surface area contributed by atoms with Crippen molar-refractivity contribution in [2.45, 2.75) is 13.3 Å². The number of benzene rings is 2. The molecule has 2 N–H and O–H groups in total. The predicted octanol–water partition coefficient (Wildman–Crippen LogP) is 4.27. The molecule has 0 aromatic heterocycles. The van der Waals surface area contributed by atoms with Gasteiger partial charge in [-0.15, -0.1) is 0 Å². The maximum absolute atomic E-state index is 11.9. The Labute approximate surface area is 138 Å². The third kappa shape index (κ3) is 4.23. The number of nitrogens with one attached hydrogen (secondary N) is 2. The van der Waals surface area contributed by atoms with Gasteiger partial charge in [-0.25, -0.2) is 0 Å². The first-order chi connectivity index (χ1) is 10.5. The fourth-order valence-corrected chi connectivity index (χ4v) is 2.20. The van der Waals surface area contributed by atoms with Crippen LogP contribution >= 0.6 is 23.2 Å². The van der Waals surface area contributed by atoms with E-state index in [4.69, 9.17) is 23.2 Å². The Morgan fingerprint density at radius 2 is 1.41 bits per heavy atom. The molecule has 114 valence electrons. The molecule has 0 heterocycles. The zero-order valence-electron chi connectivity index (χ0n) is 11.8. The standard InChI is InChI=1S/C16H14Cl2N2O2/c1-10-11(17)6-4-8-13(10)19-15(21)9-16(22)20-14-7-3-2-5-12(14)18/h2-8H,9H2,1H3,(H,19,21)(H,20,22). The quantitative estimate of drug-likeness (QED) is 0.819. The highest BCUT2D eigenvalue weighted by atomic mass is 35.5. The van der Waals surface area contributed by atoms with Gasteiger partial charge in [0.15, 0.2) is 0 Å². The summed E-state index contributed by atoms with van der Waals surface area (Å²) in [5, 5.41) is 6.23. The van der Waals surface area contributed by atoms with Gasteiger partial charge >= 0.3 is 0 Å². The molecule has 6 heteroatoms. The largest absolute Gasteiger partial charge is 0.325 e. The number of hydrogen-bond donors (Lipinski definition) is 2. The smallest absolute Gasteiger partial charge is 0.233 e. The van der Waals surface area contributed by atoms with Gasteiger partial charge in [0.1, 0.15) is 6.42 Å². The van der Waals surface area contributed by atoms with Crippen molar-refractivity contribution in [1.82, 2.24) is 0 Å². The summed E-state index contributed by atoms with van der Waals surface area (Å²) in [4.78, 5) is 23.8. The van der Waals surface area contributed by atoms with E-state index in [9.17, 15) is 9.59 Å². The Morgan fingerprint density at radius 1 is 0.864 bits per heavy atom. The Morgan fingerprint density at radius 3 is 2.09 bits per heavy atom. The van der Waals surface area contributed by atoms with Crippen LogP contribution in [0.2, 0.25) is 10.0 Å². The first-order valence-corrected chi connectivity index (χ1v) is 7.32. The van der Waals surface area contributed by atoms with Crippen molar-refractivity contribution in [2.24, 2.45) is 0 Å². The van der Waals surface area contributed by atoms with Crippen LogP contribution in [0.3, 0.4) is 0 Å². The molecule has 2 amide bonds. The number of para-hydroxylation sites is 1. The summed E-state index contributed by atoms with van der Waals surface area (Å²) in [6.45, 7) is 1.79. The second-order valence-corrected chi connectivity index (χ2v) is 5.48. The SMILES string of the molecule is Cc1c(Cl)cccc1NC(=O)CC(=O)Nc1ccccc1Cl. The number of anilines is 2. The first kappa shape index (κ1) is 16.3. The summed E-state index contributed by atoms with van der Waals surface area (Å²) in [5.41, 5.74) is 1.81. The molecule has 0 spiro atoms. The number of rotatable bonds is 4. The van der Waals surface area contributed by atoms with Crippen LogP contribution in [0.1, 0.15) is 12.0 Å². The summed E-state index contributed by atoms with van der Waals surface area (Å²) in [5.74, 6) is -0.861. The van der Waals surface area contributed by atoms with Gasteiger partial charge in [0.05, 0.1) is 10.7 Å². The van der Waals surface area contributed by atoms with E-state index in [0.29, 0.717) is 21.4 Å². The molecule has 0 saturated carbocycles. The molecule has 0 saturated heterocycles. The fraction of sp³-hybridized carbons (Fsp3) is 0.125. The lowest BCUT2D eigenvalue weighted by Crippen LogP contribution is -2.21. The number of carbonyl (C=O) groups excluding carboxylic acids is 2. The van der Waals surface area contributed by atoms with E-state index in [1.807, 2.05) is 0 Å². The van der Waals surface area contributed by atoms with E-state index >= 15 is 0 Å². The molecule has 2 aromatic rings. The molecule has 2 rings (SSSR count). The van der Waals surface area contributed by atoms with Crippen molar-refractivity contribution in [3.05, 3.63) is 58.1 Å². The van der Waals surface area contributed by atoms with Crippen LogP contribution in [-0.4, -0.2) is 11.8 Å². The van der Waals surface area contributed by atoms with Gasteiger partial charge in [0, 0.05) is 10.7 Å². The molecule has 4 nitrogen and oxygen atoms in total. The maximum Gasteiger partial charge on any atom is 0.233 e. The summed E-state index contributed by atoms with van der Waals surface area (Å²) in [7, 11) is 0. The van der Waals surface area contributed by atoms with Crippen molar-refractivity contribution in [3.63, 3.8) is 0 Å². The molecule has 0 aliphatic rings. The zero-order chi connectivity index (χ0) is 16.1. The molecular formula is C16H14Cl2N2O2. The third-order valence-electron chi connectivity index (χ3n) is 3.01. The molecule has 0 aliphatic heterocycles. The van der Waals surface area contributed by atoms with Crippen LogP contribution in [0, 0.1) is 6.92 Å². The van der Waals surface area contributed by atoms with Crippen molar-refractivity contribution < 1.29 is 9.59 Å². The summed E-state index contributed by atoms with van der Waals surface area (Å²) >= 11 is 11.9. The van der Waals surface area contributed by atoms with Gasteiger partial charge in [-0.3, -0.25) is 9.59 Å². The molecule has 0 aliphatic carbocycles. The average molecular weight is 337 g/mol. The Kier molecular flexibility index (Phi) is 5.41. The lowest BCUT2D eigenvalue weighted by atomic mass is 10.2. The van der Waals surface area contributed by atoms with Crippen LogP contribution in [-0.2, 0) is 9.59 Å². The van der Waals surface area contributed by atoms with Gasteiger partial charge in [-0.2, -0.15) is 0 Å². The zero-order valence-corrected chi connectivity index (χ0v) is 13.3. The van der Waals surface area contributed by atoms with E-state index in [-0.39, 0.29) is 6.42 Å². The molecule has 0 radical (unpaired) electrons. The third-order valence-corrected chi connectivity index (χ3v) is 3.75. The van der Waals surface area contributed by atoms with Gasteiger partial charge in [0.2, 0.25) is 11.8 Å². The van der Waals surface area contributed by atoms with Gasteiger partial charge < -0.3 is 10.6 Å². The highest BCUT2D eigenvalue weighted by molar-refractivity contribution is 6.33. The average Bonchev–Trinajstić information content (AvgIpc) is 2.46. The second-order valence-electron chi connectivity index (χ2n) is 4.67. The Bertz CT molecular complexity index is 717. The summed E-state index contributed by atoms with van der Waals surface area (Å²) < 4.78 is 0. The van der Waals surface area contributed by atoms with Crippen molar-refractivity contribution in [1.29, 1.82) is 0 Å². The van der Waals surface area contributed by atoms with Crippen LogP contribution in [0.4, 0.5) is 11.4 Å². The minimum absolute atomic E-state index is 0.308. The summed E-state index contributed by atoms with van der Waals surface area (Å²) in [6, 6.07) is 12.0. The van der Waals surface area contributed by atoms with Crippen molar-refractivity contribution in [3.8, 4) is 0 Å². The minimum Gasteiger partial charge on any atom is -0.325 e. The minimum atomic E-state index is -0.440. The Balaban J connectivity index is 1.96. The number of carbonyl (C=O) groups is 2. The van der Waals surface area contributed by atoms with E-state index in [1.165, 1.54) is 0 Å². The maximum atomic E-state index is 11.9. The lowest BCUT2D eigenvalue weighted by molar-refractivity contribution is -0.123. The normalized spacial score (nSPS) is 10.1. The van der Waals surface area contributed by atoms with Gasteiger partial charge in [-0.1, -0.05) is 41.4 Å². The summed E-state index contributed by atoms with van der Waals surface area (Å²) in [6.07, 6.45) is -0.308. The highest BCUT2D eigenvalue weighted by Crippen LogP contribution is 2.23. The van der Waals surface area contributed by atoms with Gasteiger partial charge in [-0.05, 0) is 36.8 Å². The van der Waals surface area contributed by atoms with E-state index in [0.717, 1.165) is 5.56 Å². The van der Waals surface area contributed by atoms with E-state index in [2.05, 4.69) is 10.6 Å². The molecule has 0 unspecified atom stereocenters. The fourth-order valence-electron chi connectivity index (χ4n) is 1.84. The van der Waals surface area contributed by atoms with Crippen LogP contribution < -0.4 is 10.6 Å². The topological polar surface area (TPSA) is 58.2 Å². The highest BCUT2D eigenvalue weighted by Gasteiger charge is 2.12. The van der Waals surface area contributed by atoms with Crippen molar-refractivity contribution >= 4 is 46.4 Å². The van der Waals surface area contributed by atoms with Gasteiger partial charge in [0.25, 0.3) is 0 Å². The second kappa shape index (κ2) is 7.29. The molecular weight excluding hydrogens is 323 g/mol. The number of hydrogen-bond acceptors (Lipinski definition) is 2. The molecule has 0 atom stereocenters. The Hall–Kier alpha value is -2.04. The molecule has 2 aromatic carbocycles. The van der Waals surface area contributed by atoms with Crippen molar-refractivity contribution in [2.75, 3.05) is 10.6 Å². The first-order valence-electron chi connectivity index (χ1n) is 6.56. The lowest BCUT2D eigenvalue weighted by Gasteiger charge is -2.10. The number of amides is 2. The van der Waals surface area contributed by atoms with E-state index < -0.39 is 11.8 Å². The monoisotopic (exact) mass is 336 g/mol. The molecule has 0 fully saturated rings. The molecule has 0 bridgehead atoms. The van der Waals surface area contributed by atoms with E-state index in [1.54, 1.807) is 49.4 Å². The van der Waals surface area contributed by atoms with Crippen LogP contribution in [0.15, 0.2) is 42.5 Å². The predicted molar refractivity (Wildman–Crippen MR) is 89.5 cm³/mol. The number of halogens is 2. The van der Waals surface area contributed by atoms with Crippen LogP contribution in [0.25, 0.3) is 0 Å². The molecule has 22 heavy (non-hydrogen) atoms. The van der Waals surface area contributed by atoms with Crippen LogP contribution in [0.5, 0.6) is 0 Å².